The molecule has 0 saturated heterocycles. The van der Waals surface area contributed by atoms with Crippen LogP contribution in [0.2, 0.25) is 0 Å². The second-order valence-electron chi connectivity index (χ2n) is 10.1. The first-order chi connectivity index (χ1) is 20.3. The van der Waals surface area contributed by atoms with E-state index in [1.165, 1.54) is 35.8 Å². The van der Waals surface area contributed by atoms with E-state index in [2.05, 4.69) is 9.69 Å². The number of hydrogen-bond acceptors (Lipinski definition) is 4. The molecule has 0 saturated carbocycles. The number of carbonyl (C=O) groups is 2. The fraction of sp³-hybridized carbons (Fsp3) is 0.0882. The van der Waals surface area contributed by atoms with Gasteiger partial charge < -0.3 is 10.4 Å². The standard InChI is InChI=1S/C34H24F2N2O3S/c1-19(20-6-9-23(10-7-20)34(40)41)37-33(39)28-16-25(21-12-14-26(35)15-13-21)18-30-31(28)29(38-42-30)17-24-11-8-22-4-2-3-5-27(22)32(24)36/h2-16,18-19H,17H2,1H3,(H,37,39)(H,40,41)/t19-/m0/s1. The SMILES string of the molecule is C[C@H](NC(=O)c1cc(-c2ccc(F)cc2)cc2snc(Cc3ccc4ccccc4c3F)c12)c1ccc(C(=O)O)cc1. The van der Waals surface area contributed by atoms with E-state index >= 15 is 4.39 Å². The minimum absolute atomic E-state index is 0.154. The van der Waals surface area contributed by atoms with E-state index in [-0.39, 0.29) is 29.5 Å². The first kappa shape index (κ1) is 27.2. The molecule has 0 bridgehead atoms. The van der Waals surface area contributed by atoms with Gasteiger partial charge >= 0.3 is 5.97 Å². The predicted octanol–water partition coefficient (Wildman–Crippen LogP) is 8.17. The van der Waals surface area contributed by atoms with E-state index < -0.39 is 12.0 Å². The van der Waals surface area contributed by atoms with Crippen LogP contribution in [-0.4, -0.2) is 21.4 Å². The molecule has 0 aliphatic rings. The summed E-state index contributed by atoms with van der Waals surface area (Å²) in [5.41, 5.74) is 3.77. The predicted molar refractivity (Wildman–Crippen MR) is 161 cm³/mol. The third-order valence-electron chi connectivity index (χ3n) is 7.37. The number of carboxylic acids is 1. The number of aromatic nitrogens is 1. The van der Waals surface area contributed by atoms with Crippen molar-refractivity contribution in [2.24, 2.45) is 0 Å². The Morgan fingerprint density at radius 1 is 0.905 bits per heavy atom. The molecule has 2 N–H and O–H groups in total. The van der Waals surface area contributed by atoms with E-state index in [9.17, 15) is 19.1 Å². The zero-order chi connectivity index (χ0) is 29.4. The molecule has 0 radical (unpaired) electrons. The molecule has 0 aliphatic heterocycles. The van der Waals surface area contributed by atoms with Gasteiger partial charge in [-0.15, -0.1) is 0 Å². The summed E-state index contributed by atoms with van der Waals surface area (Å²) in [4.78, 5) is 25.1. The Hall–Kier alpha value is -4.95. The lowest BCUT2D eigenvalue weighted by molar-refractivity contribution is 0.0696. The van der Waals surface area contributed by atoms with Gasteiger partial charge in [-0.3, -0.25) is 4.79 Å². The number of fused-ring (bicyclic) bond motifs is 2. The molecule has 1 aromatic heterocycles. The molecule has 0 spiro atoms. The maximum atomic E-state index is 15.5. The molecule has 5 aromatic carbocycles. The van der Waals surface area contributed by atoms with Gasteiger partial charge in [-0.2, -0.15) is 4.37 Å². The van der Waals surface area contributed by atoms with Crippen LogP contribution in [0.25, 0.3) is 32.0 Å². The number of nitrogens with zero attached hydrogens (tertiary/aromatic N) is 1. The Bertz CT molecular complexity index is 1970. The van der Waals surface area contributed by atoms with Crippen molar-refractivity contribution in [3.8, 4) is 11.1 Å². The number of aromatic carboxylic acids is 1. The number of hydrogen-bond donors (Lipinski definition) is 2. The molecular weight excluding hydrogens is 554 g/mol. The Balaban J connectivity index is 1.41. The molecule has 42 heavy (non-hydrogen) atoms. The van der Waals surface area contributed by atoms with Gasteiger partial charge in [-0.25, -0.2) is 13.6 Å². The fourth-order valence-corrected chi connectivity index (χ4v) is 5.97. The summed E-state index contributed by atoms with van der Waals surface area (Å²) in [6.07, 6.45) is 0.193. The number of benzene rings is 5. The quantitative estimate of drug-likeness (QED) is 0.200. The van der Waals surface area contributed by atoms with Crippen LogP contribution in [0.1, 0.15) is 50.5 Å². The topological polar surface area (TPSA) is 79.3 Å². The van der Waals surface area contributed by atoms with Gasteiger partial charge in [0.2, 0.25) is 0 Å². The average Bonchev–Trinajstić information content (AvgIpc) is 3.41. The zero-order valence-corrected chi connectivity index (χ0v) is 23.2. The van der Waals surface area contributed by atoms with Gasteiger partial charge in [0.05, 0.1) is 27.6 Å². The van der Waals surface area contributed by atoms with Gasteiger partial charge in [0, 0.05) is 17.2 Å². The summed E-state index contributed by atoms with van der Waals surface area (Å²) in [5, 5.41) is 14.2. The van der Waals surface area contributed by atoms with Crippen molar-refractivity contribution >= 4 is 44.3 Å². The van der Waals surface area contributed by atoms with Crippen LogP contribution in [0.5, 0.6) is 0 Å². The molecule has 208 valence electrons. The summed E-state index contributed by atoms with van der Waals surface area (Å²) >= 11 is 1.22. The molecule has 8 heteroatoms. The van der Waals surface area contributed by atoms with Crippen LogP contribution >= 0.6 is 11.5 Å². The highest BCUT2D eigenvalue weighted by molar-refractivity contribution is 7.13. The lowest BCUT2D eigenvalue weighted by Gasteiger charge is -2.16. The Kier molecular flexibility index (Phi) is 7.22. The monoisotopic (exact) mass is 578 g/mol. The van der Waals surface area contributed by atoms with E-state index in [4.69, 9.17) is 0 Å². The van der Waals surface area contributed by atoms with Crippen LogP contribution in [0, 0.1) is 11.6 Å². The van der Waals surface area contributed by atoms with Crippen molar-refractivity contribution in [3.05, 3.63) is 137 Å². The highest BCUT2D eigenvalue weighted by Crippen LogP contribution is 2.35. The Labute approximate surface area is 244 Å². The Morgan fingerprint density at radius 3 is 2.38 bits per heavy atom. The third kappa shape index (κ3) is 5.24. The summed E-state index contributed by atoms with van der Waals surface area (Å²) < 4.78 is 34.5. The van der Waals surface area contributed by atoms with Gasteiger partial charge in [0.15, 0.2) is 0 Å². The summed E-state index contributed by atoms with van der Waals surface area (Å²) in [6.45, 7) is 1.81. The van der Waals surface area contributed by atoms with Crippen molar-refractivity contribution in [2.75, 3.05) is 0 Å². The molecule has 1 amide bonds. The van der Waals surface area contributed by atoms with Gasteiger partial charge in [0.1, 0.15) is 11.6 Å². The molecule has 0 aliphatic carbocycles. The molecule has 6 aromatic rings. The third-order valence-corrected chi connectivity index (χ3v) is 8.20. The van der Waals surface area contributed by atoms with Crippen LogP contribution < -0.4 is 5.32 Å². The molecule has 1 heterocycles. The summed E-state index contributed by atoms with van der Waals surface area (Å²) in [7, 11) is 0. The van der Waals surface area contributed by atoms with Crippen LogP contribution in [0.3, 0.4) is 0 Å². The van der Waals surface area contributed by atoms with E-state index in [0.29, 0.717) is 27.6 Å². The minimum atomic E-state index is -1.03. The molecule has 1 atom stereocenters. The van der Waals surface area contributed by atoms with Crippen LogP contribution in [-0.2, 0) is 6.42 Å². The number of rotatable bonds is 7. The average molecular weight is 579 g/mol. The number of amides is 1. The maximum Gasteiger partial charge on any atom is 0.335 e. The lowest BCUT2D eigenvalue weighted by Crippen LogP contribution is -2.27. The number of nitrogens with one attached hydrogen (secondary N) is 1. The fourth-order valence-electron chi connectivity index (χ4n) is 5.11. The van der Waals surface area contributed by atoms with Gasteiger partial charge in [-0.1, -0.05) is 60.7 Å². The zero-order valence-electron chi connectivity index (χ0n) is 22.4. The molecule has 0 fully saturated rings. The van der Waals surface area contributed by atoms with E-state index in [0.717, 1.165) is 26.8 Å². The minimum Gasteiger partial charge on any atom is -0.478 e. The normalized spacial score (nSPS) is 12.0. The maximum absolute atomic E-state index is 15.5. The molecule has 6 rings (SSSR count). The summed E-state index contributed by atoms with van der Waals surface area (Å²) in [6, 6.07) is 26.4. The largest absolute Gasteiger partial charge is 0.478 e. The second kappa shape index (κ2) is 11.1. The highest BCUT2D eigenvalue weighted by Gasteiger charge is 2.22. The van der Waals surface area contributed by atoms with Crippen LogP contribution in [0.15, 0.2) is 97.1 Å². The van der Waals surface area contributed by atoms with Gasteiger partial charge in [0.25, 0.3) is 5.91 Å². The number of halogens is 2. The Morgan fingerprint density at radius 2 is 1.64 bits per heavy atom. The van der Waals surface area contributed by atoms with Crippen molar-refractivity contribution < 1.29 is 23.5 Å². The van der Waals surface area contributed by atoms with E-state index in [1.54, 1.807) is 48.5 Å². The number of carbonyl (C=O) groups excluding carboxylic acids is 1. The van der Waals surface area contributed by atoms with E-state index in [1.807, 2.05) is 31.2 Å². The van der Waals surface area contributed by atoms with Crippen molar-refractivity contribution in [1.82, 2.24) is 9.69 Å². The van der Waals surface area contributed by atoms with Crippen molar-refractivity contribution in [2.45, 2.75) is 19.4 Å². The summed E-state index contributed by atoms with van der Waals surface area (Å²) in [5.74, 6) is -2.07. The first-order valence-corrected chi connectivity index (χ1v) is 14.0. The molecular formula is C34H24F2N2O3S. The van der Waals surface area contributed by atoms with Crippen LogP contribution in [0.4, 0.5) is 8.78 Å². The smallest absolute Gasteiger partial charge is 0.335 e. The second-order valence-corrected chi connectivity index (χ2v) is 10.9. The molecule has 0 unspecified atom stereocenters. The van der Waals surface area contributed by atoms with Crippen molar-refractivity contribution in [3.63, 3.8) is 0 Å². The first-order valence-electron chi connectivity index (χ1n) is 13.3. The highest BCUT2D eigenvalue weighted by atomic mass is 32.1. The number of carboxylic acid groups (broad SMARTS) is 1. The van der Waals surface area contributed by atoms with Crippen molar-refractivity contribution in [1.29, 1.82) is 0 Å². The molecule has 5 nitrogen and oxygen atoms in total. The van der Waals surface area contributed by atoms with Gasteiger partial charge in [-0.05, 0) is 82.5 Å². The lowest BCUT2D eigenvalue weighted by atomic mass is 9.96.